The second-order valence-electron chi connectivity index (χ2n) is 6.52. The van der Waals surface area contributed by atoms with Crippen LogP contribution in [0, 0.1) is 12.8 Å². The maximum Gasteiger partial charge on any atom is 0.229 e. The summed E-state index contributed by atoms with van der Waals surface area (Å²) in [4.78, 5) is 14.6. The minimum absolute atomic E-state index is 0.0624. The van der Waals surface area contributed by atoms with Crippen LogP contribution in [0.5, 0.6) is 0 Å². The lowest BCUT2D eigenvalue weighted by molar-refractivity contribution is -0.121. The fraction of sp³-hybridized carbons (Fsp3) is 0.500. The van der Waals surface area contributed by atoms with Gasteiger partial charge in [-0.3, -0.25) is 9.69 Å². The van der Waals surface area contributed by atoms with E-state index in [0.29, 0.717) is 17.7 Å². The van der Waals surface area contributed by atoms with Gasteiger partial charge in [0.1, 0.15) is 6.42 Å². The van der Waals surface area contributed by atoms with Crippen LogP contribution in [0.4, 0.5) is 0 Å². The molecule has 1 saturated heterocycles. The Balaban J connectivity index is 1.45. The first kappa shape index (κ1) is 16.6. The quantitative estimate of drug-likeness (QED) is 0.877. The Morgan fingerprint density at radius 1 is 1.38 bits per heavy atom. The summed E-state index contributed by atoms with van der Waals surface area (Å²) in [5.74, 6) is 1.27. The lowest BCUT2D eigenvalue weighted by Crippen LogP contribution is -2.40. The third kappa shape index (κ3) is 4.41. The van der Waals surface area contributed by atoms with Crippen LogP contribution in [-0.4, -0.2) is 40.1 Å². The van der Waals surface area contributed by atoms with Crippen molar-refractivity contribution in [3.63, 3.8) is 0 Å². The number of rotatable bonds is 6. The second-order valence-corrected chi connectivity index (χ2v) is 6.52. The third-order valence-electron chi connectivity index (χ3n) is 4.53. The van der Waals surface area contributed by atoms with Crippen molar-refractivity contribution in [3.05, 3.63) is 47.7 Å². The zero-order valence-corrected chi connectivity index (χ0v) is 14.2. The van der Waals surface area contributed by atoms with Crippen LogP contribution < -0.4 is 5.32 Å². The second kappa shape index (κ2) is 7.57. The van der Waals surface area contributed by atoms with E-state index in [9.17, 15) is 4.79 Å². The smallest absolute Gasteiger partial charge is 0.229 e. The summed E-state index contributed by atoms with van der Waals surface area (Å²) in [6, 6.07) is 10.6. The first-order valence-corrected chi connectivity index (χ1v) is 8.45. The van der Waals surface area contributed by atoms with Crippen LogP contribution in [0.25, 0.3) is 0 Å². The lowest BCUT2D eigenvalue weighted by Gasteiger charge is -2.21. The first-order chi connectivity index (χ1) is 11.6. The molecule has 6 heteroatoms. The molecule has 1 aliphatic heterocycles. The Morgan fingerprint density at radius 2 is 2.17 bits per heavy atom. The Morgan fingerprint density at radius 3 is 2.88 bits per heavy atom. The topological polar surface area (TPSA) is 71.3 Å². The molecular formula is C18H24N4O2. The van der Waals surface area contributed by atoms with E-state index in [1.807, 2.05) is 6.07 Å². The number of benzene rings is 1. The molecule has 3 rings (SSSR count). The average molecular weight is 328 g/mol. The predicted octanol–water partition coefficient (Wildman–Crippen LogP) is 1.95. The molecule has 0 spiro atoms. The molecule has 1 aromatic carbocycles. The number of hydrogen-bond acceptors (Lipinski definition) is 5. The molecule has 1 amide bonds. The van der Waals surface area contributed by atoms with Gasteiger partial charge in [-0.1, -0.05) is 30.3 Å². The van der Waals surface area contributed by atoms with Crippen molar-refractivity contribution < 1.29 is 9.21 Å². The van der Waals surface area contributed by atoms with Gasteiger partial charge < -0.3 is 9.73 Å². The van der Waals surface area contributed by atoms with Crippen LogP contribution in [-0.2, 0) is 17.8 Å². The summed E-state index contributed by atoms with van der Waals surface area (Å²) in [7, 11) is 0. The fourth-order valence-corrected chi connectivity index (χ4v) is 3.23. The van der Waals surface area contributed by atoms with Crippen molar-refractivity contribution >= 4 is 5.91 Å². The van der Waals surface area contributed by atoms with Gasteiger partial charge in [-0.15, -0.1) is 10.2 Å². The molecule has 2 heterocycles. The molecule has 6 nitrogen and oxygen atoms in total. The first-order valence-electron chi connectivity index (χ1n) is 8.45. The van der Waals surface area contributed by atoms with Crippen LogP contribution in [0.3, 0.4) is 0 Å². The van der Waals surface area contributed by atoms with Crippen molar-refractivity contribution in [2.75, 3.05) is 13.1 Å². The highest BCUT2D eigenvalue weighted by molar-refractivity contribution is 5.77. The molecule has 1 aliphatic rings. The lowest BCUT2D eigenvalue weighted by atomic mass is 10.0. The minimum atomic E-state index is -0.0624. The van der Waals surface area contributed by atoms with Crippen molar-refractivity contribution in [1.29, 1.82) is 0 Å². The van der Waals surface area contributed by atoms with Gasteiger partial charge in [0, 0.05) is 26.1 Å². The number of carbonyl (C=O) groups is 1. The van der Waals surface area contributed by atoms with Gasteiger partial charge in [0.2, 0.25) is 17.7 Å². The Labute approximate surface area is 142 Å². The van der Waals surface area contributed by atoms with Gasteiger partial charge in [-0.2, -0.15) is 0 Å². The van der Waals surface area contributed by atoms with Gasteiger partial charge in [0.25, 0.3) is 0 Å². The highest BCUT2D eigenvalue weighted by Crippen LogP contribution is 2.21. The Kier molecular flexibility index (Phi) is 5.25. The molecule has 0 radical (unpaired) electrons. The summed E-state index contributed by atoms with van der Waals surface area (Å²) in [6.07, 6.45) is 1.25. The van der Waals surface area contributed by atoms with Crippen molar-refractivity contribution in [3.8, 4) is 0 Å². The van der Waals surface area contributed by atoms with Crippen LogP contribution in [0.15, 0.2) is 34.7 Å². The highest BCUT2D eigenvalue weighted by atomic mass is 16.4. The van der Waals surface area contributed by atoms with Gasteiger partial charge in [-0.05, 0) is 31.4 Å². The summed E-state index contributed by atoms with van der Waals surface area (Å²) in [5, 5.41) is 10.7. The number of amides is 1. The van der Waals surface area contributed by atoms with Gasteiger partial charge in [0.15, 0.2) is 0 Å². The number of aryl methyl sites for hydroxylation is 1. The van der Waals surface area contributed by atoms with E-state index in [1.165, 1.54) is 5.56 Å². The van der Waals surface area contributed by atoms with E-state index in [2.05, 4.69) is 51.6 Å². The summed E-state index contributed by atoms with van der Waals surface area (Å²) in [5.41, 5.74) is 1.33. The van der Waals surface area contributed by atoms with Gasteiger partial charge in [0.05, 0.1) is 0 Å². The molecule has 0 saturated carbocycles. The van der Waals surface area contributed by atoms with E-state index < -0.39 is 0 Å². The molecule has 0 unspecified atom stereocenters. The molecule has 24 heavy (non-hydrogen) atoms. The molecule has 2 aromatic rings. The predicted molar refractivity (Wildman–Crippen MR) is 90.2 cm³/mol. The molecule has 1 N–H and O–H groups in total. The Bertz CT molecular complexity index is 671. The average Bonchev–Trinajstić information content (AvgIpc) is 3.17. The molecule has 1 fully saturated rings. The summed E-state index contributed by atoms with van der Waals surface area (Å²) < 4.78 is 5.25. The number of likely N-dealkylation sites (tertiary alicyclic amines) is 1. The number of nitrogens with one attached hydrogen (secondary N) is 1. The maximum absolute atomic E-state index is 12.1. The number of nitrogens with zero attached hydrogens (tertiary/aromatic N) is 3. The summed E-state index contributed by atoms with van der Waals surface area (Å²) >= 11 is 0. The molecule has 128 valence electrons. The number of hydrogen-bond donors (Lipinski definition) is 1. The fourth-order valence-electron chi connectivity index (χ4n) is 3.23. The van der Waals surface area contributed by atoms with E-state index in [-0.39, 0.29) is 18.4 Å². The molecular weight excluding hydrogens is 304 g/mol. The van der Waals surface area contributed by atoms with E-state index in [4.69, 9.17) is 4.42 Å². The molecule has 0 bridgehead atoms. The largest absolute Gasteiger partial charge is 0.425 e. The van der Waals surface area contributed by atoms with Gasteiger partial charge in [-0.25, -0.2) is 0 Å². The monoisotopic (exact) mass is 328 g/mol. The highest BCUT2D eigenvalue weighted by Gasteiger charge is 2.28. The molecule has 0 aliphatic carbocycles. The van der Waals surface area contributed by atoms with Crippen LogP contribution >= 0.6 is 0 Å². The maximum atomic E-state index is 12.1. The standard InChI is InChI=1S/C18H24N4O2/c1-13(19-17(23)10-18-21-20-14(2)24-18)16-8-9-22(12-16)11-15-6-4-3-5-7-15/h3-7,13,16H,8-12H2,1-2H3,(H,19,23)/t13-,16+/m0/s1. The van der Waals surface area contributed by atoms with E-state index in [0.717, 1.165) is 26.1 Å². The zero-order chi connectivity index (χ0) is 16.9. The number of aromatic nitrogens is 2. The normalized spacial score (nSPS) is 19.3. The molecule has 2 atom stereocenters. The van der Waals surface area contributed by atoms with Crippen molar-refractivity contribution in [2.24, 2.45) is 5.92 Å². The van der Waals surface area contributed by atoms with Gasteiger partial charge >= 0.3 is 0 Å². The van der Waals surface area contributed by atoms with E-state index in [1.54, 1.807) is 6.92 Å². The number of carbonyl (C=O) groups excluding carboxylic acids is 1. The molecule has 1 aromatic heterocycles. The minimum Gasteiger partial charge on any atom is -0.425 e. The van der Waals surface area contributed by atoms with Crippen molar-refractivity contribution in [1.82, 2.24) is 20.4 Å². The van der Waals surface area contributed by atoms with E-state index >= 15 is 0 Å². The zero-order valence-electron chi connectivity index (χ0n) is 14.2. The van der Waals surface area contributed by atoms with Crippen LogP contribution in [0.1, 0.15) is 30.7 Å². The Hall–Kier alpha value is -2.21. The van der Waals surface area contributed by atoms with Crippen molar-refractivity contribution in [2.45, 2.75) is 39.3 Å². The third-order valence-corrected chi connectivity index (χ3v) is 4.53. The SMILES string of the molecule is Cc1nnc(CC(=O)N[C@@H](C)[C@@H]2CCN(Cc3ccccc3)C2)o1. The summed E-state index contributed by atoms with van der Waals surface area (Å²) in [6.45, 7) is 6.85. The van der Waals surface area contributed by atoms with Crippen LogP contribution in [0.2, 0.25) is 0 Å².